The Hall–Kier alpha value is -0.200. The quantitative estimate of drug-likeness (QED) is 0.687. The van der Waals surface area contributed by atoms with Gasteiger partial charge in [0.15, 0.2) is 15.3 Å². The molecule has 0 spiro atoms. The van der Waals surface area contributed by atoms with Gasteiger partial charge in [-0.3, -0.25) is 4.57 Å². The Morgan fingerprint density at radius 3 is 2.00 bits per heavy atom. The molecule has 0 unspecified atom stereocenters. The lowest BCUT2D eigenvalue weighted by molar-refractivity contribution is 0.224. The summed E-state index contributed by atoms with van der Waals surface area (Å²) in [5, 5.41) is 0. The van der Waals surface area contributed by atoms with Crippen molar-refractivity contribution in [3.8, 4) is 0 Å². The molecule has 1 rings (SSSR count). The van der Waals surface area contributed by atoms with E-state index in [1.165, 1.54) is 12.1 Å². The van der Waals surface area contributed by atoms with Crippen LogP contribution in [0.1, 0.15) is 13.8 Å². The Labute approximate surface area is 121 Å². The van der Waals surface area contributed by atoms with Gasteiger partial charge < -0.3 is 9.05 Å². The summed E-state index contributed by atoms with van der Waals surface area (Å²) < 4.78 is 47.3. The molecule has 1 aromatic carbocycles. The zero-order valence-electron chi connectivity index (χ0n) is 10.7. The Morgan fingerprint density at radius 2 is 1.58 bits per heavy atom. The van der Waals surface area contributed by atoms with E-state index in [-0.39, 0.29) is 18.1 Å². The maximum absolute atomic E-state index is 12.2. The lowest BCUT2D eigenvalue weighted by Gasteiger charge is -2.16. The number of hydrogen-bond donors (Lipinski definition) is 0. The van der Waals surface area contributed by atoms with Gasteiger partial charge in [0.1, 0.15) is 0 Å². The fourth-order valence-corrected chi connectivity index (χ4v) is 5.96. The van der Waals surface area contributed by atoms with Gasteiger partial charge in [0, 0.05) is 4.47 Å². The molecule has 0 saturated carbocycles. The first-order chi connectivity index (χ1) is 8.83. The summed E-state index contributed by atoms with van der Waals surface area (Å²) in [5.41, 5.74) is -0.649. The molecule has 0 bridgehead atoms. The molecule has 108 valence electrons. The summed E-state index contributed by atoms with van der Waals surface area (Å²) >= 11 is 3.22. The van der Waals surface area contributed by atoms with Crippen molar-refractivity contribution >= 4 is 33.4 Å². The van der Waals surface area contributed by atoms with E-state index in [0.29, 0.717) is 0 Å². The van der Waals surface area contributed by atoms with Gasteiger partial charge in [0.05, 0.1) is 18.1 Å². The summed E-state index contributed by atoms with van der Waals surface area (Å²) in [6.45, 7) is 3.54. The van der Waals surface area contributed by atoms with Gasteiger partial charge in [-0.15, -0.1) is 0 Å². The topological polar surface area (TPSA) is 69.7 Å². The second kappa shape index (κ2) is 6.99. The van der Waals surface area contributed by atoms with Crippen LogP contribution in [0.5, 0.6) is 0 Å². The van der Waals surface area contributed by atoms with Gasteiger partial charge in [0.25, 0.3) is 0 Å². The number of benzene rings is 1. The van der Waals surface area contributed by atoms with Crippen LogP contribution in [0.25, 0.3) is 0 Å². The van der Waals surface area contributed by atoms with Crippen LogP contribution in [0.15, 0.2) is 33.6 Å². The van der Waals surface area contributed by atoms with Crippen molar-refractivity contribution in [3.63, 3.8) is 0 Å². The highest BCUT2D eigenvalue weighted by molar-refractivity contribution is 9.10. The van der Waals surface area contributed by atoms with Crippen LogP contribution >= 0.6 is 23.5 Å². The predicted molar refractivity (Wildman–Crippen MR) is 77.1 cm³/mol. The lowest BCUT2D eigenvalue weighted by atomic mass is 10.4. The van der Waals surface area contributed by atoms with Crippen molar-refractivity contribution in [3.05, 3.63) is 28.7 Å². The summed E-state index contributed by atoms with van der Waals surface area (Å²) in [6, 6.07) is 6.11. The minimum atomic E-state index is -3.71. The molecular weight excluding hydrogens is 355 g/mol. The molecule has 0 aliphatic heterocycles. The number of hydrogen-bond acceptors (Lipinski definition) is 5. The van der Waals surface area contributed by atoms with E-state index in [1.807, 2.05) is 0 Å². The minimum Gasteiger partial charge on any atom is -0.308 e. The van der Waals surface area contributed by atoms with E-state index in [4.69, 9.17) is 9.05 Å². The first-order valence-electron chi connectivity index (χ1n) is 5.69. The Kier molecular flexibility index (Phi) is 6.20. The lowest BCUT2D eigenvalue weighted by Crippen LogP contribution is -2.11. The molecular formula is C11H16BrO5PS. The summed E-state index contributed by atoms with van der Waals surface area (Å²) in [4.78, 5) is 0.0929. The van der Waals surface area contributed by atoms with E-state index in [0.717, 1.165) is 4.47 Å². The van der Waals surface area contributed by atoms with Crippen molar-refractivity contribution in [2.75, 3.05) is 18.7 Å². The van der Waals surface area contributed by atoms with Crippen LogP contribution in [0.4, 0.5) is 0 Å². The highest BCUT2D eigenvalue weighted by Crippen LogP contribution is 2.50. The third kappa shape index (κ3) is 5.00. The van der Waals surface area contributed by atoms with E-state index < -0.39 is 22.9 Å². The van der Waals surface area contributed by atoms with Crippen LogP contribution in [0.3, 0.4) is 0 Å². The first kappa shape index (κ1) is 16.9. The zero-order valence-corrected chi connectivity index (χ0v) is 14.0. The van der Waals surface area contributed by atoms with Gasteiger partial charge >= 0.3 is 7.60 Å². The summed E-state index contributed by atoms with van der Waals surface area (Å²) in [5.74, 6) is 0. The average Bonchev–Trinajstić information content (AvgIpc) is 2.28. The Bertz CT molecular complexity index is 545. The van der Waals surface area contributed by atoms with Crippen LogP contribution in [-0.2, 0) is 23.4 Å². The summed E-state index contributed by atoms with van der Waals surface area (Å²) in [6.07, 6.45) is 0. The highest BCUT2D eigenvalue weighted by Gasteiger charge is 2.32. The monoisotopic (exact) mass is 370 g/mol. The SMILES string of the molecule is CCOP(=O)(CS(=O)(=O)c1ccc(Br)cc1)OCC. The number of sulfone groups is 1. The van der Waals surface area contributed by atoms with Crippen LogP contribution < -0.4 is 0 Å². The molecule has 0 amide bonds. The molecule has 0 heterocycles. The molecule has 8 heteroatoms. The predicted octanol–water partition coefficient (Wildman–Crippen LogP) is 3.45. The second-order valence-electron chi connectivity index (χ2n) is 3.64. The summed E-state index contributed by atoms with van der Waals surface area (Å²) in [7, 11) is -7.33. The molecule has 0 aliphatic rings. The molecule has 0 atom stereocenters. The largest absolute Gasteiger partial charge is 0.346 e. The Balaban J connectivity index is 3.00. The molecule has 0 aliphatic carbocycles. The van der Waals surface area contributed by atoms with E-state index >= 15 is 0 Å². The van der Waals surface area contributed by atoms with Crippen LogP contribution in [-0.4, -0.2) is 27.1 Å². The zero-order chi connectivity index (χ0) is 14.5. The molecule has 19 heavy (non-hydrogen) atoms. The van der Waals surface area contributed by atoms with Crippen molar-refractivity contribution in [1.29, 1.82) is 0 Å². The number of halogens is 1. The van der Waals surface area contributed by atoms with Gasteiger partial charge in [0.2, 0.25) is 0 Å². The molecule has 0 radical (unpaired) electrons. The molecule has 5 nitrogen and oxygen atoms in total. The van der Waals surface area contributed by atoms with E-state index in [1.54, 1.807) is 26.0 Å². The van der Waals surface area contributed by atoms with Gasteiger partial charge in [-0.2, -0.15) is 0 Å². The molecule has 0 aromatic heterocycles. The van der Waals surface area contributed by atoms with E-state index in [9.17, 15) is 13.0 Å². The molecule has 0 fully saturated rings. The standard InChI is InChI=1S/C11H16BrO5PS/c1-3-16-18(13,17-4-2)9-19(14,15)11-7-5-10(12)6-8-11/h5-8H,3-4,9H2,1-2H3. The average molecular weight is 371 g/mol. The van der Waals surface area contributed by atoms with Crippen molar-refractivity contribution in [2.24, 2.45) is 0 Å². The normalized spacial score (nSPS) is 12.6. The van der Waals surface area contributed by atoms with Gasteiger partial charge in [-0.25, -0.2) is 8.42 Å². The fraction of sp³-hybridized carbons (Fsp3) is 0.455. The minimum absolute atomic E-state index is 0.0929. The van der Waals surface area contributed by atoms with Crippen LogP contribution in [0, 0.1) is 0 Å². The molecule has 0 saturated heterocycles. The molecule has 0 N–H and O–H groups in total. The maximum Gasteiger partial charge on any atom is 0.346 e. The van der Waals surface area contributed by atoms with Gasteiger partial charge in [-0.05, 0) is 38.1 Å². The smallest absolute Gasteiger partial charge is 0.308 e. The van der Waals surface area contributed by atoms with Crippen LogP contribution in [0.2, 0.25) is 0 Å². The fourth-order valence-electron chi connectivity index (χ4n) is 1.43. The first-order valence-corrected chi connectivity index (χ1v) is 9.87. The van der Waals surface area contributed by atoms with Gasteiger partial charge in [-0.1, -0.05) is 15.9 Å². The Morgan fingerprint density at radius 1 is 1.11 bits per heavy atom. The number of rotatable bonds is 7. The maximum atomic E-state index is 12.2. The van der Waals surface area contributed by atoms with Crippen molar-refractivity contribution < 1.29 is 22.0 Å². The highest BCUT2D eigenvalue weighted by atomic mass is 79.9. The second-order valence-corrected chi connectivity index (χ2v) is 9.03. The third-order valence-electron chi connectivity index (χ3n) is 2.15. The third-order valence-corrected chi connectivity index (χ3v) is 7.60. The van der Waals surface area contributed by atoms with Crippen molar-refractivity contribution in [1.82, 2.24) is 0 Å². The van der Waals surface area contributed by atoms with Crippen molar-refractivity contribution in [2.45, 2.75) is 18.7 Å². The molecule has 1 aromatic rings. The van der Waals surface area contributed by atoms with E-state index in [2.05, 4.69) is 15.9 Å².